The molecule has 1 unspecified atom stereocenters. The van der Waals surface area contributed by atoms with Crippen LogP contribution in [0.15, 0.2) is 11.4 Å². The molecule has 1 rings (SSSR count). The third-order valence-corrected chi connectivity index (χ3v) is 3.47. The number of carboxylic acids is 1. The van der Waals surface area contributed by atoms with Gasteiger partial charge in [0.05, 0.1) is 17.6 Å². The van der Waals surface area contributed by atoms with Crippen LogP contribution in [0.4, 0.5) is 0 Å². The summed E-state index contributed by atoms with van der Waals surface area (Å²) in [4.78, 5) is 30.9. The number of aromatic nitrogens is 2. The number of nitrogens with zero attached hydrogens (tertiary/aromatic N) is 2. The van der Waals surface area contributed by atoms with E-state index in [1.54, 1.807) is 6.26 Å². The van der Waals surface area contributed by atoms with Crippen LogP contribution in [-0.4, -0.2) is 39.2 Å². The van der Waals surface area contributed by atoms with E-state index >= 15 is 0 Å². The van der Waals surface area contributed by atoms with E-state index in [0.29, 0.717) is 5.16 Å². The van der Waals surface area contributed by atoms with E-state index in [4.69, 9.17) is 16.7 Å². The predicted molar refractivity (Wildman–Crippen MR) is 77.2 cm³/mol. The fourth-order valence-electron chi connectivity index (χ4n) is 1.49. The summed E-state index contributed by atoms with van der Waals surface area (Å²) in [6.45, 7) is 3.67. The van der Waals surface area contributed by atoms with Crippen molar-refractivity contribution >= 4 is 35.2 Å². The maximum Gasteiger partial charge on any atom is 0.305 e. The summed E-state index contributed by atoms with van der Waals surface area (Å²) in [7, 11) is 0. The lowest BCUT2D eigenvalue weighted by molar-refractivity contribution is -0.137. The van der Waals surface area contributed by atoms with Crippen LogP contribution in [0.1, 0.15) is 30.8 Å². The molecule has 8 heteroatoms. The molecule has 0 aromatic carbocycles. The topological polar surface area (TPSA) is 92.2 Å². The van der Waals surface area contributed by atoms with Crippen LogP contribution >= 0.6 is 23.4 Å². The molecule has 0 radical (unpaired) electrons. The van der Waals surface area contributed by atoms with Gasteiger partial charge in [-0.15, -0.1) is 0 Å². The zero-order chi connectivity index (χ0) is 15.3. The highest BCUT2D eigenvalue weighted by atomic mass is 35.5. The lowest BCUT2D eigenvalue weighted by atomic mass is 10.0. The minimum atomic E-state index is -0.970. The lowest BCUT2D eigenvalue weighted by Crippen LogP contribution is -2.40. The summed E-state index contributed by atoms with van der Waals surface area (Å²) in [6, 6.07) is -0.483. The van der Waals surface area contributed by atoms with E-state index in [9.17, 15) is 9.59 Å². The Labute approximate surface area is 126 Å². The van der Waals surface area contributed by atoms with Gasteiger partial charge in [0.15, 0.2) is 10.9 Å². The number of carbonyl (C=O) groups is 2. The standard InChI is InChI=1S/C12H16ClN3O3S/c1-6(2)8(4-9(17)18)15-11(19)10-7(13)5-14-12(16-10)20-3/h5-6,8H,4H2,1-3H3,(H,15,19)(H,17,18). The van der Waals surface area contributed by atoms with Crippen LogP contribution in [0, 0.1) is 5.92 Å². The van der Waals surface area contributed by atoms with Gasteiger partial charge in [0, 0.05) is 6.04 Å². The van der Waals surface area contributed by atoms with Gasteiger partial charge >= 0.3 is 5.97 Å². The van der Waals surface area contributed by atoms with Crippen molar-refractivity contribution in [3.8, 4) is 0 Å². The minimum Gasteiger partial charge on any atom is -0.481 e. The highest BCUT2D eigenvalue weighted by Gasteiger charge is 2.22. The van der Waals surface area contributed by atoms with Crippen LogP contribution in [0.2, 0.25) is 5.02 Å². The van der Waals surface area contributed by atoms with Gasteiger partial charge in [-0.25, -0.2) is 9.97 Å². The molecule has 0 bridgehead atoms. The molecule has 1 amide bonds. The molecule has 0 aliphatic heterocycles. The second kappa shape index (κ2) is 7.44. The van der Waals surface area contributed by atoms with Gasteiger partial charge in [0.2, 0.25) is 0 Å². The molecule has 1 aromatic rings. The van der Waals surface area contributed by atoms with E-state index in [0.717, 1.165) is 0 Å². The molecule has 0 saturated heterocycles. The van der Waals surface area contributed by atoms with Crippen LogP contribution in [0.5, 0.6) is 0 Å². The summed E-state index contributed by atoms with van der Waals surface area (Å²) in [5.74, 6) is -1.48. The van der Waals surface area contributed by atoms with Gasteiger partial charge in [-0.1, -0.05) is 37.2 Å². The van der Waals surface area contributed by atoms with E-state index in [2.05, 4.69) is 15.3 Å². The number of carboxylic acid groups (broad SMARTS) is 1. The van der Waals surface area contributed by atoms with Crippen molar-refractivity contribution in [3.63, 3.8) is 0 Å². The fourth-order valence-corrected chi connectivity index (χ4v) is 2.00. The summed E-state index contributed by atoms with van der Waals surface area (Å²) in [5.41, 5.74) is 0.0575. The Morgan fingerprint density at radius 2 is 2.15 bits per heavy atom. The molecule has 1 aromatic heterocycles. The largest absolute Gasteiger partial charge is 0.481 e. The van der Waals surface area contributed by atoms with Crippen LogP contribution in [0.25, 0.3) is 0 Å². The first-order valence-electron chi connectivity index (χ1n) is 5.94. The van der Waals surface area contributed by atoms with Crippen molar-refractivity contribution in [1.82, 2.24) is 15.3 Å². The van der Waals surface area contributed by atoms with Crippen LogP contribution in [-0.2, 0) is 4.79 Å². The molecular weight excluding hydrogens is 302 g/mol. The fraction of sp³-hybridized carbons (Fsp3) is 0.500. The number of hydrogen-bond acceptors (Lipinski definition) is 5. The molecule has 1 heterocycles. The van der Waals surface area contributed by atoms with E-state index in [1.807, 2.05) is 13.8 Å². The first-order valence-corrected chi connectivity index (χ1v) is 7.54. The first-order chi connectivity index (χ1) is 9.35. The van der Waals surface area contributed by atoms with Gasteiger partial charge in [-0.2, -0.15) is 0 Å². The molecule has 0 aliphatic rings. The molecule has 110 valence electrons. The minimum absolute atomic E-state index is 0.0179. The van der Waals surface area contributed by atoms with E-state index in [1.165, 1.54) is 18.0 Å². The van der Waals surface area contributed by atoms with Crippen molar-refractivity contribution in [2.45, 2.75) is 31.5 Å². The number of halogens is 1. The number of aliphatic carboxylic acids is 1. The molecule has 0 aliphatic carbocycles. The second-order valence-corrected chi connectivity index (χ2v) is 5.66. The predicted octanol–water partition coefficient (Wildman–Crippen LogP) is 2.08. The third kappa shape index (κ3) is 4.64. The third-order valence-electron chi connectivity index (χ3n) is 2.64. The monoisotopic (exact) mass is 317 g/mol. The van der Waals surface area contributed by atoms with Gasteiger partial charge < -0.3 is 10.4 Å². The Morgan fingerprint density at radius 1 is 1.50 bits per heavy atom. The number of amides is 1. The maximum atomic E-state index is 12.1. The molecule has 20 heavy (non-hydrogen) atoms. The molecule has 0 saturated carbocycles. The van der Waals surface area contributed by atoms with Crippen LogP contribution in [0.3, 0.4) is 0 Å². The molecule has 2 N–H and O–H groups in total. The van der Waals surface area contributed by atoms with E-state index in [-0.39, 0.29) is 23.1 Å². The number of hydrogen-bond donors (Lipinski definition) is 2. The van der Waals surface area contributed by atoms with Gasteiger partial charge in [0.1, 0.15) is 0 Å². The summed E-state index contributed by atoms with van der Waals surface area (Å²) >= 11 is 7.20. The highest BCUT2D eigenvalue weighted by Crippen LogP contribution is 2.17. The second-order valence-electron chi connectivity index (χ2n) is 4.48. The van der Waals surface area contributed by atoms with Gasteiger partial charge in [-0.3, -0.25) is 9.59 Å². The molecule has 0 spiro atoms. The summed E-state index contributed by atoms with van der Waals surface area (Å²) in [6.07, 6.45) is 2.99. The first kappa shape index (κ1) is 16.7. The maximum absolute atomic E-state index is 12.1. The van der Waals surface area contributed by atoms with Crippen molar-refractivity contribution < 1.29 is 14.7 Å². The summed E-state index contributed by atoms with van der Waals surface area (Å²) < 4.78 is 0. The zero-order valence-electron chi connectivity index (χ0n) is 11.4. The molecule has 0 fully saturated rings. The smallest absolute Gasteiger partial charge is 0.305 e. The molecular formula is C12H16ClN3O3S. The van der Waals surface area contributed by atoms with E-state index < -0.39 is 17.9 Å². The van der Waals surface area contributed by atoms with Crippen molar-refractivity contribution in [3.05, 3.63) is 16.9 Å². The average molecular weight is 318 g/mol. The number of thioether (sulfide) groups is 1. The van der Waals surface area contributed by atoms with Crippen molar-refractivity contribution in [2.24, 2.45) is 5.92 Å². The highest BCUT2D eigenvalue weighted by molar-refractivity contribution is 7.98. The summed E-state index contributed by atoms with van der Waals surface area (Å²) in [5, 5.41) is 12.1. The van der Waals surface area contributed by atoms with Crippen LogP contribution < -0.4 is 5.32 Å². The quantitative estimate of drug-likeness (QED) is 0.616. The lowest BCUT2D eigenvalue weighted by Gasteiger charge is -2.20. The SMILES string of the molecule is CSc1ncc(Cl)c(C(=O)NC(CC(=O)O)C(C)C)n1. The Hall–Kier alpha value is -1.34. The number of carbonyl (C=O) groups excluding carboxylic acids is 1. The Balaban J connectivity index is 2.91. The Morgan fingerprint density at radius 3 is 2.65 bits per heavy atom. The normalized spacial score (nSPS) is 12.2. The zero-order valence-corrected chi connectivity index (χ0v) is 13.0. The number of nitrogens with one attached hydrogen (secondary N) is 1. The van der Waals surface area contributed by atoms with Crippen molar-refractivity contribution in [1.29, 1.82) is 0 Å². The Kier molecular flexibility index (Phi) is 6.22. The van der Waals surface area contributed by atoms with Gasteiger partial charge in [-0.05, 0) is 12.2 Å². The van der Waals surface area contributed by atoms with Crippen molar-refractivity contribution in [2.75, 3.05) is 6.26 Å². The number of rotatable bonds is 6. The van der Waals surface area contributed by atoms with Gasteiger partial charge in [0.25, 0.3) is 5.91 Å². The molecule has 6 nitrogen and oxygen atoms in total. The Bertz CT molecular complexity index is 511. The average Bonchev–Trinajstić information content (AvgIpc) is 2.37. The molecule has 1 atom stereocenters.